The van der Waals surface area contributed by atoms with Gasteiger partial charge in [0.1, 0.15) is 0 Å². The van der Waals surface area contributed by atoms with E-state index in [9.17, 15) is 9.59 Å². The van der Waals surface area contributed by atoms with Gasteiger partial charge in [-0.1, -0.05) is 12.7 Å². The van der Waals surface area contributed by atoms with E-state index in [4.69, 9.17) is 5.11 Å². The lowest BCUT2D eigenvalue weighted by Gasteiger charge is -2.00. The average molecular weight is 227 g/mol. The number of aliphatic imine (C=N–C) groups is 1. The SMILES string of the molecule is C=C/C(=C\N=CC(O)OC)C(=O)COC=O. The molecule has 0 spiro atoms. The number of ether oxygens (including phenoxy) is 2. The van der Waals surface area contributed by atoms with Crippen LogP contribution < -0.4 is 0 Å². The second-order valence-electron chi connectivity index (χ2n) is 2.54. The van der Waals surface area contributed by atoms with Gasteiger partial charge in [-0.3, -0.25) is 14.6 Å². The van der Waals surface area contributed by atoms with Gasteiger partial charge < -0.3 is 14.6 Å². The molecule has 0 rings (SSSR count). The van der Waals surface area contributed by atoms with Crippen molar-refractivity contribution in [3.63, 3.8) is 0 Å². The number of aliphatic hydroxyl groups excluding tert-OH is 1. The van der Waals surface area contributed by atoms with Crippen molar-refractivity contribution in [3.05, 3.63) is 24.4 Å². The number of ketones is 1. The Balaban J connectivity index is 4.41. The summed E-state index contributed by atoms with van der Waals surface area (Å²) in [5, 5.41) is 8.94. The molecular weight excluding hydrogens is 214 g/mol. The minimum atomic E-state index is -1.14. The molecule has 0 saturated heterocycles. The first-order valence-corrected chi connectivity index (χ1v) is 4.31. The van der Waals surface area contributed by atoms with Gasteiger partial charge in [-0.15, -0.1) is 0 Å². The van der Waals surface area contributed by atoms with Gasteiger partial charge in [0, 0.05) is 18.9 Å². The van der Waals surface area contributed by atoms with Crippen molar-refractivity contribution in [1.82, 2.24) is 0 Å². The topological polar surface area (TPSA) is 85.2 Å². The van der Waals surface area contributed by atoms with Gasteiger partial charge in [0.2, 0.25) is 5.78 Å². The molecule has 88 valence electrons. The molecule has 0 radical (unpaired) electrons. The van der Waals surface area contributed by atoms with Crippen molar-refractivity contribution >= 4 is 18.5 Å². The van der Waals surface area contributed by atoms with Crippen molar-refractivity contribution in [2.75, 3.05) is 13.7 Å². The quantitative estimate of drug-likeness (QED) is 0.205. The van der Waals surface area contributed by atoms with Crippen LogP contribution in [0.2, 0.25) is 0 Å². The van der Waals surface area contributed by atoms with Crippen LogP contribution in [-0.2, 0) is 19.1 Å². The minimum absolute atomic E-state index is 0.168. The van der Waals surface area contributed by atoms with Crippen LogP contribution in [0.25, 0.3) is 0 Å². The van der Waals surface area contributed by atoms with E-state index < -0.39 is 12.1 Å². The maximum Gasteiger partial charge on any atom is 0.293 e. The van der Waals surface area contributed by atoms with Gasteiger partial charge in [0.15, 0.2) is 12.9 Å². The summed E-state index contributed by atoms with van der Waals surface area (Å²) in [6.07, 6.45) is 2.42. The Morgan fingerprint density at radius 2 is 2.31 bits per heavy atom. The van der Waals surface area contributed by atoms with Crippen LogP contribution in [-0.4, -0.2) is 43.6 Å². The largest absolute Gasteiger partial charge is 0.459 e. The third kappa shape index (κ3) is 5.84. The number of hydrogen-bond donors (Lipinski definition) is 1. The molecule has 1 atom stereocenters. The molecule has 1 N–H and O–H groups in total. The fraction of sp³-hybridized carbons (Fsp3) is 0.300. The Labute approximate surface area is 92.9 Å². The van der Waals surface area contributed by atoms with Crippen LogP contribution in [0.15, 0.2) is 29.4 Å². The van der Waals surface area contributed by atoms with Gasteiger partial charge >= 0.3 is 0 Å². The number of Topliss-reactive ketones (excluding diaryl/α,β-unsaturated/α-hetero) is 1. The van der Waals surface area contributed by atoms with E-state index in [-0.39, 0.29) is 18.7 Å². The molecule has 6 heteroatoms. The van der Waals surface area contributed by atoms with Gasteiger partial charge in [-0.2, -0.15) is 0 Å². The smallest absolute Gasteiger partial charge is 0.293 e. The van der Waals surface area contributed by atoms with Gasteiger partial charge in [0.05, 0.1) is 6.21 Å². The molecule has 0 aliphatic rings. The zero-order valence-corrected chi connectivity index (χ0v) is 8.83. The van der Waals surface area contributed by atoms with Crippen molar-refractivity contribution < 1.29 is 24.2 Å². The predicted molar refractivity (Wildman–Crippen MR) is 56.8 cm³/mol. The van der Waals surface area contributed by atoms with Gasteiger partial charge in [-0.05, 0) is 0 Å². The van der Waals surface area contributed by atoms with Gasteiger partial charge in [-0.25, -0.2) is 0 Å². The van der Waals surface area contributed by atoms with Crippen LogP contribution in [0, 0.1) is 0 Å². The number of methoxy groups -OCH3 is 1. The molecule has 0 heterocycles. The van der Waals surface area contributed by atoms with Crippen LogP contribution >= 0.6 is 0 Å². The molecular formula is C10H13NO5. The minimum Gasteiger partial charge on any atom is -0.459 e. The summed E-state index contributed by atoms with van der Waals surface area (Å²) in [4.78, 5) is 24.8. The molecule has 0 saturated carbocycles. The van der Waals surface area contributed by atoms with Crippen LogP contribution in [0.5, 0.6) is 0 Å². The Hall–Kier alpha value is -1.79. The van der Waals surface area contributed by atoms with E-state index >= 15 is 0 Å². The second kappa shape index (κ2) is 8.51. The molecule has 0 aromatic carbocycles. The normalized spacial score (nSPS) is 13.5. The van der Waals surface area contributed by atoms with E-state index in [1.54, 1.807) is 0 Å². The van der Waals surface area contributed by atoms with E-state index in [2.05, 4.69) is 21.0 Å². The molecule has 0 aliphatic carbocycles. The maximum absolute atomic E-state index is 11.3. The molecule has 1 unspecified atom stereocenters. The average Bonchev–Trinajstić information content (AvgIpc) is 2.31. The predicted octanol–water partition coefficient (Wildman–Crippen LogP) is -0.166. The zero-order valence-electron chi connectivity index (χ0n) is 8.83. The highest BCUT2D eigenvalue weighted by Crippen LogP contribution is 1.98. The molecule has 0 bridgehead atoms. The van der Waals surface area contributed by atoms with Crippen molar-refractivity contribution in [3.8, 4) is 0 Å². The fourth-order valence-corrected chi connectivity index (χ4v) is 0.689. The summed E-state index contributed by atoms with van der Waals surface area (Å²) in [5.41, 5.74) is 0.168. The number of nitrogens with zero attached hydrogens (tertiary/aromatic N) is 1. The van der Waals surface area contributed by atoms with E-state index in [0.29, 0.717) is 0 Å². The first kappa shape index (κ1) is 14.2. The van der Waals surface area contributed by atoms with Gasteiger partial charge in [0.25, 0.3) is 6.47 Å². The molecule has 16 heavy (non-hydrogen) atoms. The van der Waals surface area contributed by atoms with E-state index in [1.165, 1.54) is 19.4 Å². The first-order chi connectivity index (χ1) is 7.65. The number of carbonyl (C=O) groups is 2. The molecule has 0 aromatic rings. The van der Waals surface area contributed by atoms with Crippen molar-refractivity contribution in [1.29, 1.82) is 0 Å². The standard InChI is InChI=1S/C10H13NO5/c1-3-8(9(13)6-16-7-12)4-11-5-10(14)15-2/h3-5,7,10,14H,1,6H2,2H3/b8-4+,11-5?. The highest BCUT2D eigenvalue weighted by Gasteiger charge is 2.05. The maximum atomic E-state index is 11.3. The molecule has 0 aromatic heterocycles. The van der Waals surface area contributed by atoms with Crippen molar-refractivity contribution in [2.45, 2.75) is 6.29 Å². The lowest BCUT2D eigenvalue weighted by Crippen LogP contribution is -2.11. The molecule has 0 amide bonds. The third-order valence-corrected chi connectivity index (χ3v) is 1.49. The number of carbonyl (C=O) groups excluding carboxylic acids is 2. The molecule has 0 fully saturated rings. The lowest BCUT2D eigenvalue weighted by atomic mass is 10.2. The molecule has 6 nitrogen and oxygen atoms in total. The number of aliphatic hydroxyl groups is 1. The highest BCUT2D eigenvalue weighted by atomic mass is 16.6. The van der Waals surface area contributed by atoms with E-state index in [0.717, 1.165) is 6.21 Å². The van der Waals surface area contributed by atoms with E-state index in [1.807, 2.05) is 0 Å². The number of rotatable bonds is 8. The summed E-state index contributed by atoms with van der Waals surface area (Å²) in [5.74, 6) is -0.439. The lowest BCUT2D eigenvalue weighted by molar-refractivity contribution is -0.134. The Bertz CT molecular complexity index is 308. The summed E-state index contributed by atoms with van der Waals surface area (Å²) in [7, 11) is 1.30. The first-order valence-electron chi connectivity index (χ1n) is 4.31. The summed E-state index contributed by atoms with van der Waals surface area (Å²) < 4.78 is 8.77. The Morgan fingerprint density at radius 1 is 1.62 bits per heavy atom. The fourth-order valence-electron chi connectivity index (χ4n) is 0.689. The highest BCUT2D eigenvalue weighted by molar-refractivity contribution is 5.99. The molecule has 0 aliphatic heterocycles. The summed E-state index contributed by atoms with van der Waals surface area (Å²) in [6.45, 7) is 3.21. The monoisotopic (exact) mass is 227 g/mol. The Kier molecular flexibility index (Phi) is 7.56. The summed E-state index contributed by atoms with van der Waals surface area (Å²) in [6, 6.07) is 0. The number of allylic oxidation sites excluding steroid dienone is 1. The van der Waals surface area contributed by atoms with Crippen LogP contribution in [0.4, 0.5) is 0 Å². The third-order valence-electron chi connectivity index (χ3n) is 1.49. The number of hydrogen-bond acceptors (Lipinski definition) is 6. The summed E-state index contributed by atoms with van der Waals surface area (Å²) >= 11 is 0. The zero-order chi connectivity index (χ0) is 12.4. The van der Waals surface area contributed by atoms with Crippen molar-refractivity contribution in [2.24, 2.45) is 4.99 Å². The second-order valence-corrected chi connectivity index (χ2v) is 2.54. The van der Waals surface area contributed by atoms with Crippen LogP contribution in [0.1, 0.15) is 0 Å². The Morgan fingerprint density at radius 3 is 2.81 bits per heavy atom. The van der Waals surface area contributed by atoms with Crippen LogP contribution in [0.3, 0.4) is 0 Å².